The van der Waals surface area contributed by atoms with E-state index in [1.807, 2.05) is 59.1 Å². The zero-order valence-corrected chi connectivity index (χ0v) is 12.8. The number of nitrogens with zero attached hydrogens (tertiary/aromatic N) is 3. The molecule has 0 saturated heterocycles. The van der Waals surface area contributed by atoms with Crippen molar-refractivity contribution in [1.82, 2.24) is 9.78 Å². The number of aromatic nitrogens is 2. The lowest BCUT2D eigenvalue weighted by atomic mass is 10.1. The highest BCUT2D eigenvalue weighted by Gasteiger charge is 2.27. The molecule has 1 unspecified atom stereocenters. The first-order valence-corrected chi connectivity index (χ1v) is 7.30. The Hall–Kier alpha value is -1.33. The maximum Gasteiger partial charge on any atom is 0.144 e. The number of benzene rings is 1. The van der Waals surface area contributed by atoms with Crippen LogP contribution in [-0.2, 0) is 18.4 Å². The van der Waals surface area contributed by atoms with E-state index in [0.717, 1.165) is 22.2 Å². The first kappa shape index (κ1) is 14.1. The molecule has 2 aromatic rings. The van der Waals surface area contributed by atoms with Crippen molar-refractivity contribution in [3.05, 3.63) is 30.0 Å². The molecule has 1 atom stereocenters. The van der Waals surface area contributed by atoms with Crippen molar-refractivity contribution in [2.45, 2.75) is 32.4 Å². The Kier molecular flexibility index (Phi) is 3.69. The minimum atomic E-state index is -1.24. The summed E-state index contributed by atoms with van der Waals surface area (Å²) in [5.41, 5.74) is 2.70. The summed E-state index contributed by atoms with van der Waals surface area (Å²) in [4.78, 5) is 0. The van der Waals surface area contributed by atoms with Crippen molar-refractivity contribution in [1.29, 1.82) is 0 Å². The third-order valence-electron chi connectivity index (χ3n) is 2.80. The molecule has 4 nitrogen and oxygen atoms in total. The van der Waals surface area contributed by atoms with Crippen LogP contribution < -0.4 is 0 Å². The lowest BCUT2D eigenvalue weighted by Crippen LogP contribution is -2.26. The smallest absolute Gasteiger partial charge is 0.144 e. The molecular weight excluding hydrogens is 258 g/mol. The number of hydrogen-bond donors (Lipinski definition) is 0. The van der Waals surface area contributed by atoms with Gasteiger partial charge in [-0.3, -0.25) is 4.68 Å². The molecule has 0 radical (unpaired) electrons. The van der Waals surface area contributed by atoms with Gasteiger partial charge in [0.15, 0.2) is 0 Å². The van der Waals surface area contributed by atoms with E-state index in [1.54, 1.807) is 4.68 Å². The Bertz CT molecular complexity index is 625. The zero-order chi connectivity index (χ0) is 14.2. The summed E-state index contributed by atoms with van der Waals surface area (Å²) in [6.07, 6.45) is 1.96. The Morgan fingerprint density at radius 1 is 1.37 bits per heavy atom. The van der Waals surface area contributed by atoms with E-state index in [-0.39, 0.29) is 4.75 Å². The molecule has 0 spiro atoms. The first-order chi connectivity index (χ1) is 8.79. The van der Waals surface area contributed by atoms with Crippen molar-refractivity contribution < 1.29 is 4.55 Å². The minimum Gasteiger partial charge on any atom is -0.591 e. The topological polar surface area (TPSA) is 53.2 Å². The van der Waals surface area contributed by atoms with Crippen LogP contribution in [0.25, 0.3) is 10.9 Å². The predicted molar refractivity (Wildman–Crippen MR) is 80.8 cm³/mol. The van der Waals surface area contributed by atoms with E-state index in [0.29, 0.717) is 0 Å². The van der Waals surface area contributed by atoms with E-state index in [4.69, 9.17) is 0 Å². The molecule has 1 aromatic carbocycles. The molecular formula is C14H19N3OS. The van der Waals surface area contributed by atoms with Crippen LogP contribution in [0.15, 0.2) is 28.8 Å². The fourth-order valence-electron chi connectivity index (χ4n) is 1.79. The Morgan fingerprint density at radius 2 is 2.05 bits per heavy atom. The average Bonchev–Trinajstić information content (AvgIpc) is 2.67. The van der Waals surface area contributed by atoms with Gasteiger partial charge < -0.3 is 4.55 Å². The zero-order valence-electron chi connectivity index (χ0n) is 12.0. The van der Waals surface area contributed by atoms with Crippen molar-refractivity contribution in [3.63, 3.8) is 0 Å². The van der Waals surface area contributed by atoms with Gasteiger partial charge in [-0.05, 0) is 33.8 Å². The molecule has 0 aliphatic carbocycles. The van der Waals surface area contributed by atoms with E-state index in [1.165, 1.54) is 0 Å². The van der Waals surface area contributed by atoms with Gasteiger partial charge in [0.2, 0.25) is 0 Å². The van der Waals surface area contributed by atoms with Gasteiger partial charge in [-0.25, -0.2) is 0 Å². The van der Waals surface area contributed by atoms with E-state index < -0.39 is 11.4 Å². The van der Waals surface area contributed by atoms with Crippen LogP contribution in [0.2, 0.25) is 0 Å². The SMILES string of the molecule is C/C(=N\[S+]([O-])C(C)(C)C)c1cccc2nn(C)cc12. The number of hydrogen-bond acceptors (Lipinski definition) is 3. The summed E-state index contributed by atoms with van der Waals surface area (Å²) in [6, 6.07) is 5.90. The molecule has 0 saturated carbocycles. The number of rotatable bonds is 2. The molecule has 0 aliphatic rings. The van der Waals surface area contributed by atoms with Crippen LogP contribution in [0.1, 0.15) is 33.3 Å². The monoisotopic (exact) mass is 277 g/mol. The highest BCUT2D eigenvalue weighted by molar-refractivity contribution is 7.91. The molecule has 0 bridgehead atoms. The summed E-state index contributed by atoms with van der Waals surface area (Å²) < 4.78 is 17.9. The van der Waals surface area contributed by atoms with Gasteiger partial charge >= 0.3 is 0 Å². The standard InChI is InChI=1S/C14H19N3OS/c1-10(16-19(18)14(2,3)4)11-7-6-8-13-12(11)9-17(5)15-13/h6-9H,1-5H3/b16-10+. The molecule has 0 fully saturated rings. The Labute approximate surface area is 116 Å². The number of fused-ring (bicyclic) bond motifs is 1. The summed E-state index contributed by atoms with van der Waals surface area (Å²) in [5, 5.41) is 5.41. The van der Waals surface area contributed by atoms with Gasteiger partial charge in [-0.15, -0.1) is 0 Å². The van der Waals surface area contributed by atoms with Crippen molar-refractivity contribution in [3.8, 4) is 0 Å². The molecule has 2 rings (SSSR count). The Balaban J connectivity index is 2.47. The largest absolute Gasteiger partial charge is 0.591 e. The van der Waals surface area contributed by atoms with Crippen molar-refractivity contribution >= 4 is 28.0 Å². The third kappa shape index (κ3) is 2.98. The van der Waals surface area contributed by atoms with Crippen LogP contribution in [0, 0.1) is 0 Å². The van der Waals surface area contributed by atoms with Gasteiger partial charge in [0.05, 0.1) is 11.2 Å². The van der Waals surface area contributed by atoms with Gasteiger partial charge in [0, 0.05) is 24.2 Å². The maximum atomic E-state index is 12.1. The van der Waals surface area contributed by atoms with Crippen LogP contribution in [0.4, 0.5) is 0 Å². The van der Waals surface area contributed by atoms with Crippen LogP contribution >= 0.6 is 0 Å². The molecule has 102 valence electrons. The van der Waals surface area contributed by atoms with Gasteiger partial charge in [-0.2, -0.15) is 5.10 Å². The minimum absolute atomic E-state index is 0.343. The highest BCUT2D eigenvalue weighted by atomic mass is 32.2. The molecule has 5 heteroatoms. The number of aryl methyl sites for hydroxylation is 1. The first-order valence-electron chi connectivity index (χ1n) is 6.19. The van der Waals surface area contributed by atoms with Crippen molar-refractivity contribution in [2.75, 3.05) is 0 Å². The fraction of sp³-hybridized carbons (Fsp3) is 0.429. The lowest BCUT2D eigenvalue weighted by Gasteiger charge is -2.18. The molecule has 1 aromatic heterocycles. The molecule has 1 heterocycles. The highest BCUT2D eigenvalue weighted by Crippen LogP contribution is 2.21. The van der Waals surface area contributed by atoms with Crippen LogP contribution in [0.3, 0.4) is 0 Å². The van der Waals surface area contributed by atoms with Gasteiger partial charge in [0.25, 0.3) is 0 Å². The normalized spacial score (nSPS) is 14.9. The lowest BCUT2D eigenvalue weighted by molar-refractivity contribution is 0.561. The van der Waals surface area contributed by atoms with E-state index in [9.17, 15) is 4.55 Å². The maximum absolute atomic E-state index is 12.1. The summed E-state index contributed by atoms with van der Waals surface area (Å²) in [7, 11) is 1.89. The molecule has 0 amide bonds. The second-order valence-electron chi connectivity index (χ2n) is 5.58. The molecule has 0 aliphatic heterocycles. The average molecular weight is 277 g/mol. The predicted octanol–water partition coefficient (Wildman–Crippen LogP) is 2.84. The summed E-state index contributed by atoms with van der Waals surface area (Å²) >= 11 is -1.24. The summed E-state index contributed by atoms with van der Waals surface area (Å²) in [5.74, 6) is 0. The van der Waals surface area contributed by atoms with Crippen molar-refractivity contribution in [2.24, 2.45) is 11.4 Å². The Morgan fingerprint density at radius 3 is 2.68 bits per heavy atom. The fourth-order valence-corrected chi connectivity index (χ4v) is 2.41. The van der Waals surface area contributed by atoms with Crippen LogP contribution in [-0.4, -0.2) is 24.8 Å². The second kappa shape index (κ2) is 4.98. The molecule has 0 N–H and O–H groups in total. The quantitative estimate of drug-likeness (QED) is 0.626. The van der Waals surface area contributed by atoms with E-state index >= 15 is 0 Å². The molecule has 19 heavy (non-hydrogen) atoms. The van der Waals surface area contributed by atoms with E-state index in [2.05, 4.69) is 9.50 Å². The summed E-state index contributed by atoms with van der Waals surface area (Å²) in [6.45, 7) is 7.66. The third-order valence-corrected chi connectivity index (χ3v) is 4.29. The second-order valence-corrected chi connectivity index (χ2v) is 7.48. The van der Waals surface area contributed by atoms with Gasteiger partial charge in [-0.1, -0.05) is 16.5 Å². The van der Waals surface area contributed by atoms with Crippen LogP contribution in [0.5, 0.6) is 0 Å². The van der Waals surface area contributed by atoms with Gasteiger partial charge in [0.1, 0.15) is 16.1 Å².